The Hall–Kier alpha value is -3.27. The van der Waals surface area contributed by atoms with Gasteiger partial charge in [-0.15, -0.1) is 0 Å². The minimum absolute atomic E-state index is 0.000278. The lowest BCUT2D eigenvalue weighted by Gasteiger charge is -2.24. The van der Waals surface area contributed by atoms with Crippen molar-refractivity contribution in [2.24, 2.45) is 0 Å². The van der Waals surface area contributed by atoms with Crippen molar-refractivity contribution < 1.29 is 9.53 Å². The van der Waals surface area contributed by atoms with Gasteiger partial charge in [-0.2, -0.15) is 0 Å². The first-order valence-corrected chi connectivity index (χ1v) is 10.7. The maximum Gasteiger partial charge on any atom is 0.318 e. The van der Waals surface area contributed by atoms with Crippen molar-refractivity contribution in [2.45, 2.75) is 24.8 Å². The van der Waals surface area contributed by atoms with Crippen molar-refractivity contribution in [1.82, 2.24) is 10.2 Å². The standard InChI is InChI=1S/C26H26N2O2/c29-26(27-25(19-7-3-1-4-8-19)20-9-5-2-6-10-20)28-15-13-23(18-28)21-11-12-24-22(17-21)14-16-30-24/h1-12,17,23,25H,13-16,18H2,(H,27,29)/t23-/m1/s1. The molecular formula is C26H26N2O2. The number of amides is 2. The van der Waals surface area contributed by atoms with E-state index in [9.17, 15) is 4.79 Å². The number of benzene rings is 3. The maximum atomic E-state index is 13.2. The van der Waals surface area contributed by atoms with Crippen LogP contribution < -0.4 is 10.1 Å². The molecule has 30 heavy (non-hydrogen) atoms. The molecule has 2 aliphatic heterocycles. The van der Waals surface area contributed by atoms with Crippen molar-refractivity contribution in [2.75, 3.05) is 19.7 Å². The van der Waals surface area contributed by atoms with Gasteiger partial charge in [-0.3, -0.25) is 0 Å². The number of carbonyl (C=O) groups excluding carboxylic acids is 1. The number of hydrogen-bond acceptors (Lipinski definition) is 2. The van der Waals surface area contributed by atoms with Gasteiger partial charge in [0.25, 0.3) is 0 Å². The molecule has 0 aromatic heterocycles. The van der Waals surface area contributed by atoms with Gasteiger partial charge in [0, 0.05) is 25.4 Å². The number of hydrogen-bond donors (Lipinski definition) is 1. The quantitative estimate of drug-likeness (QED) is 0.678. The third-order valence-corrected chi connectivity index (χ3v) is 6.19. The molecule has 1 N–H and O–H groups in total. The normalized spacial score (nSPS) is 17.6. The zero-order chi connectivity index (χ0) is 20.3. The average Bonchev–Trinajstić information content (AvgIpc) is 3.48. The number of nitrogens with one attached hydrogen (secondary N) is 1. The Morgan fingerprint density at radius 3 is 2.37 bits per heavy atom. The van der Waals surface area contributed by atoms with Gasteiger partial charge in [0.05, 0.1) is 12.6 Å². The molecule has 2 amide bonds. The summed E-state index contributed by atoms with van der Waals surface area (Å²) in [6.45, 7) is 2.31. The summed E-state index contributed by atoms with van der Waals surface area (Å²) in [7, 11) is 0. The first kappa shape index (κ1) is 18.7. The highest BCUT2D eigenvalue weighted by Gasteiger charge is 2.29. The molecule has 4 nitrogen and oxygen atoms in total. The molecule has 2 heterocycles. The Kier molecular flexibility index (Phi) is 5.14. The topological polar surface area (TPSA) is 41.6 Å². The van der Waals surface area contributed by atoms with Crippen molar-refractivity contribution in [1.29, 1.82) is 0 Å². The van der Waals surface area contributed by atoms with E-state index in [4.69, 9.17) is 4.74 Å². The monoisotopic (exact) mass is 398 g/mol. The SMILES string of the molecule is O=C(NC(c1ccccc1)c1ccccc1)N1CC[C@@H](c2ccc3c(c2)CCO3)C1. The number of nitrogens with zero attached hydrogens (tertiary/aromatic N) is 1. The summed E-state index contributed by atoms with van der Waals surface area (Å²) in [4.78, 5) is 15.1. The molecule has 4 heteroatoms. The molecule has 3 aromatic rings. The first-order valence-electron chi connectivity index (χ1n) is 10.7. The summed E-state index contributed by atoms with van der Waals surface area (Å²) in [5, 5.41) is 3.27. The zero-order valence-electron chi connectivity index (χ0n) is 17.0. The van der Waals surface area contributed by atoms with Crippen molar-refractivity contribution >= 4 is 6.03 Å². The minimum atomic E-state index is -0.156. The summed E-state index contributed by atoms with van der Waals surface area (Å²) in [5.74, 6) is 1.40. The van der Waals surface area contributed by atoms with E-state index < -0.39 is 0 Å². The van der Waals surface area contributed by atoms with E-state index in [2.05, 4.69) is 47.8 Å². The van der Waals surface area contributed by atoms with Crippen molar-refractivity contribution in [3.8, 4) is 5.75 Å². The largest absolute Gasteiger partial charge is 0.493 e. The number of ether oxygens (including phenoxy) is 1. The van der Waals surface area contributed by atoms with Crippen LogP contribution in [0.5, 0.6) is 5.75 Å². The smallest absolute Gasteiger partial charge is 0.318 e. The van der Waals surface area contributed by atoms with Gasteiger partial charge in [-0.25, -0.2) is 4.79 Å². The molecule has 1 saturated heterocycles. The van der Waals surface area contributed by atoms with Gasteiger partial charge < -0.3 is 15.0 Å². The molecule has 0 unspecified atom stereocenters. The van der Waals surface area contributed by atoms with E-state index in [0.717, 1.165) is 49.4 Å². The summed E-state index contributed by atoms with van der Waals surface area (Å²) in [6, 6.07) is 26.7. The van der Waals surface area contributed by atoms with E-state index in [1.807, 2.05) is 41.3 Å². The van der Waals surface area contributed by atoms with Gasteiger partial charge in [0.2, 0.25) is 0 Å². The van der Waals surface area contributed by atoms with Gasteiger partial charge in [0.1, 0.15) is 5.75 Å². The van der Waals surface area contributed by atoms with E-state index in [-0.39, 0.29) is 12.1 Å². The maximum absolute atomic E-state index is 13.2. The van der Waals surface area contributed by atoms with E-state index in [1.165, 1.54) is 11.1 Å². The second-order valence-corrected chi connectivity index (χ2v) is 8.10. The summed E-state index contributed by atoms with van der Waals surface area (Å²) >= 11 is 0. The van der Waals surface area contributed by atoms with E-state index in [0.29, 0.717) is 5.92 Å². The Labute approximate surface area is 177 Å². The number of urea groups is 1. The molecule has 0 radical (unpaired) electrons. The molecule has 0 aliphatic carbocycles. The zero-order valence-corrected chi connectivity index (χ0v) is 17.0. The number of likely N-dealkylation sites (tertiary alicyclic amines) is 1. The molecule has 0 spiro atoms. The lowest BCUT2D eigenvalue weighted by Crippen LogP contribution is -2.40. The fourth-order valence-corrected chi connectivity index (χ4v) is 4.54. The van der Waals surface area contributed by atoms with Crippen LogP contribution in [0.15, 0.2) is 78.9 Å². The van der Waals surface area contributed by atoms with Crippen LogP contribution in [-0.2, 0) is 6.42 Å². The fraction of sp³-hybridized carbons (Fsp3) is 0.269. The van der Waals surface area contributed by atoms with Crippen molar-refractivity contribution in [3.63, 3.8) is 0 Å². The number of rotatable bonds is 4. The highest BCUT2D eigenvalue weighted by molar-refractivity contribution is 5.76. The Morgan fingerprint density at radius 2 is 1.67 bits per heavy atom. The first-order chi connectivity index (χ1) is 14.8. The summed E-state index contributed by atoms with van der Waals surface area (Å²) in [6.07, 6.45) is 1.98. The lowest BCUT2D eigenvalue weighted by atomic mass is 9.96. The lowest BCUT2D eigenvalue weighted by molar-refractivity contribution is 0.205. The highest BCUT2D eigenvalue weighted by atomic mass is 16.5. The molecule has 5 rings (SSSR count). The second kappa shape index (κ2) is 8.23. The highest BCUT2D eigenvalue weighted by Crippen LogP contribution is 2.33. The van der Waals surface area contributed by atoms with Crippen LogP contribution in [0.2, 0.25) is 0 Å². The predicted octanol–water partition coefficient (Wildman–Crippen LogP) is 4.91. The summed E-state index contributed by atoms with van der Waals surface area (Å²) < 4.78 is 5.63. The van der Waals surface area contributed by atoms with Crippen LogP contribution >= 0.6 is 0 Å². The number of fused-ring (bicyclic) bond motifs is 1. The van der Waals surface area contributed by atoms with Crippen LogP contribution in [0.4, 0.5) is 4.79 Å². The minimum Gasteiger partial charge on any atom is -0.493 e. The van der Waals surface area contributed by atoms with Crippen LogP contribution in [0.3, 0.4) is 0 Å². The summed E-state index contributed by atoms with van der Waals surface area (Å²) in [5.41, 5.74) is 4.79. The third-order valence-electron chi connectivity index (χ3n) is 6.19. The van der Waals surface area contributed by atoms with Gasteiger partial charge >= 0.3 is 6.03 Å². The molecule has 1 atom stereocenters. The number of carbonyl (C=O) groups is 1. The molecule has 2 aliphatic rings. The molecule has 152 valence electrons. The molecule has 3 aromatic carbocycles. The van der Waals surface area contributed by atoms with Gasteiger partial charge in [-0.05, 0) is 34.7 Å². The fourth-order valence-electron chi connectivity index (χ4n) is 4.54. The molecular weight excluding hydrogens is 372 g/mol. The predicted molar refractivity (Wildman–Crippen MR) is 118 cm³/mol. The van der Waals surface area contributed by atoms with E-state index in [1.54, 1.807) is 0 Å². The van der Waals surface area contributed by atoms with Crippen LogP contribution in [0, 0.1) is 0 Å². The van der Waals surface area contributed by atoms with E-state index >= 15 is 0 Å². The Morgan fingerprint density at radius 1 is 0.967 bits per heavy atom. The van der Waals surface area contributed by atoms with Crippen LogP contribution in [-0.4, -0.2) is 30.6 Å². The third kappa shape index (κ3) is 3.78. The Balaban J connectivity index is 1.30. The van der Waals surface area contributed by atoms with Gasteiger partial charge in [-0.1, -0.05) is 72.8 Å². The van der Waals surface area contributed by atoms with Gasteiger partial charge in [0.15, 0.2) is 0 Å². The van der Waals surface area contributed by atoms with Crippen LogP contribution in [0.1, 0.15) is 40.6 Å². The second-order valence-electron chi connectivity index (χ2n) is 8.10. The average molecular weight is 399 g/mol. The molecule has 0 saturated carbocycles. The van der Waals surface area contributed by atoms with Crippen molar-refractivity contribution in [3.05, 3.63) is 101 Å². The molecule has 1 fully saturated rings. The Bertz CT molecular complexity index is 980. The molecule has 0 bridgehead atoms. The van der Waals surface area contributed by atoms with Crippen LogP contribution in [0.25, 0.3) is 0 Å².